The van der Waals surface area contributed by atoms with Gasteiger partial charge in [-0.1, -0.05) is 90.6 Å². The lowest BCUT2D eigenvalue weighted by atomic mass is 10.0. The van der Waals surface area contributed by atoms with E-state index in [1.807, 2.05) is 72.3 Å². The molecule has 0 aliphatic carbocycles. The third-order valence-corrected chi connectivity index (χ3v) is 5.89. The molecule has 1 aromatic heterocycles. The molecule has 0 atom stereocenters. The summed E-state index contributed by atoms with van der Waals surface area (Å²) in [5, 5.41) is 9.33. The van der Waals surface area contributed by atoms with Gasteiger partial charge in [-0.25, -0.2) is 0 Å². The van der Waals surface area contributed by atoms with Crippen molar-refractivity contribution in [2.24, 2.45) is 7.05 Å². The summed E-state index contributed by atoms with van der Waals surface area (Å²) in [5.41, 5.74) is 5.15. The van der Waals surface area contributed by atoms with Crippen molar-refractivity contribution in [2.75, 3.05) is 5.75 Å². The third kappa shape index (κ3) is 4.15. The monoisotopic (exact) mass is 399 g/mol. The van der Waals surface area contributed by atoms with Crippen LogP contribution in [0.5, 0.6) is 0 Å². The van der Waals surface area contributed by atoms with Gasteiger partial charge in [0.1, 0.15) is 0 Å². The maximum Gasteiger partial charge on any atom is 0.191 e. The van der Waals surface area contributed by atoms with Crippen LogP contribution >= 0.6 is 11.8 Å². The molecule has 4 nitrogen and oxygen atoms in total. The predicted molar refractivity (Wildman–Crippen MR) is 118 cm³/mol. The van der Waals surface area contributed by atoms with Crippen molar-refractivity contribution in [1.29, 1.82) is 0 Å². The molecule has 0 fully saturated rings. The van der Waals surface area contributed by atoms with Crippen molar-refractivity contribution in [3.8, 4) is 22.5 Å². The van der Waals surface area contributed by atoms with Crippen LogP contribution in [0.2, 0.25) is 0 Å². The molecular weight excluding hydrogens is 378 g/mol. The Kier molecular flexibility index (Phi) is 5.58. The zero-order valence-corrected chi connectivity index (χ0v) is 17.2. The number of benzene rings is 3. The van der Waals surface area contributed by atoms with Gasteiger partial charge in [-0.2, -0.15) is 0 Å². The highest BCUT2D eigenvalue weighted by molar-refractivity contribution is 7.99. The quantitative estimate of drug-likeness (QED) is 0.320. The molecule has 4 rings (SSSR count). The summed E-state index contributed by atoms with van der Waals surface area (Å²) in [6, 6.07) is 26.0. The van der Waals surface area contributed by atoms with Crippen LogP contribution in [0.1, 0.15) is 15.9 Å². The SMILES string of the molecule is Cc1ccccc1-c1nnc(SCC(=O)c2ccc(-c3ccccc3)cc2)n1C. The minimum Gasteiger partial charge on any atom is -0.305 e. The van der Waals surface area contributed by atoms with Gasteiger partial charge >= 0.3 is 0 Å². The van der Waals surface area contributed by atoms with Crippen LogP contribution in [0.4, 0.5) is 0 Å². The van der Waals surface area contributed by atoms with Gasteiger partial charge in [-0.3, -0.25) is 4.79 Å². The number of nitrogens with zero attached hydrogens (tertiary/aromatic N) is 3. The summed E-state index contributed by atoms with van der Waals surface area (Å²) in [6.45, 7) is 2.06. The first-order valence-corrected chi connectivity index (χ1v) is 10.4. The maximum atomic E-state index is 12.6. The number of rotatable bonds is 6. The fourth-order valence-corrected chi connectivity index (χ4v) is 4.00. The predicted octanol–water partition coefficient (Wildman–Crippen LogP) is 5.43. The van der Waals surface area contributed by atoms with Crippen molar-refractivity contribution in [2.45, 2.75) is 12.1 Å². The van der Waals surface area contributed by atoms with E-state index in [2.05, 4.69) is 35.3 Å². The molecule has 29 heavy (non-hydrogen) atoms. The van der Waals surface area contributed by atoms with Crippen LogP contribution in [0.25, 0.3) is 22.5 Å². The molecule has 0 bridgehead atoms. The Morgan fingerprint density at radius 2 is 1.52 bits per heavy atom. The van der Waals surface area contributed by atoms with E-state index < -0.39 is 0 Å². The van der Waals surface area contributed by atoms with E-state index in [-0.39, 0.29) is 5.78 Å². The van der Waals surface area contributed by atoms with Crippen LogP contribution in [0.15, 0.2) is 84.0 Å². The van der Waals surface area contributed by atoms with Gasteiger partial charge in [0.25, 0.3) is 0 Å². The highest BCUT2D eigenvalue weighted by atomic mass is 32.2. The lowest BCUT2D eigenvalue weighted by molar-refractivity contribution is 0.102. The number of carbonyl (C=O) groups excluding carboxylic acids is 1. The fraction of sp³-hybridized carbons (Fsp3) is 0.125. The van der Waals surface area contributed by atoms with Crippen LogP contribution in [-0.4, -0.2) is 26.3 Å². The lowest BCUT2D eigenvalue weighted by Gasteiger charge is -2.06. The van der Waals surface area contributed by atoms with Crippen LogP contribution in [0.3, 0.4) is 0 Å². The smallest absolute Gasteiger partial charge is 0.191 e. The number of ketones is 1. The van der Waals surface area contributed by atoms with Gasteiger partial charge in [0.05, 0.1) is 5.75 Å². The van der Waals surface area contributed by atoms with E-state index in [9.17, 15) is 4.79 Å². The Hall–Kier alpha value is -3.18. The summed E-state index contributed by atoms with van der Waals surface area (Å²) in [7, 11) is 1.93. The molecule has 0 spiro atoms. The van der Waals surface area contributed by atoms with E-state index in [4.69, 9.17) is 0 Å². The first-order chi connectivity index (χ1) is 14.1. The molecule has 0 saturated carbocycles. The standard InChI is InChI=1S/C24H21N3OS/c1-17-8-6-7-11-21(17)23-25-26-24(27(23)2)29-16-22(28)20-14-12-19(13-15-20)18-9-4-3-5-10-18/h3-15H,16H2,1-2H3. The first kappa shape index (κ1) is 19.2. The van der Waals surface area contributed by atoms with Crippen molar-refractivity contribution in [1.82, 2.24) is 14.8 Å². The van der Waals surface area contributed by atoms with Crippen molar-refractivity contribution >= 4 is 17.5 Å². The van der Waals surface area contributed by atoms with E-state index in [1.165, 1.54) is 11.8 Å². The van der Waals surface area contributed by atoms with E-state index in [1.54, 1.807) is 0 Å². The molecule has 3 aromatic carbocycles. The summed E-state index contributed by atoms with van der Waals surface area (Å²) in [6.07, 6.45) is 0. The van der Waals surface area contributed by atoms with Crippen molar-refractivity contribution < 1.29 is 4.79 Å². The number of aryl methyl sites for hydroxylation is 1. The van der Waals surface area contributed by atoms with Gasteiger partial charge in [0.2, 0.25) is 0 Å². The second-order valence-corrected chi connectivity index (χ2v) is 7.78. The normalized spacial score (nSPS) is 10.8. The Balaban J connectivity index is 1.45. The Labute approximate surface area is 174 Å². The Morgan fingerprint density at radius 1 is 0.862 bits per heavy atom. The number of hydrogen-bond acceptors (Lipinski definition) is 4. The average Bonchev–Trinajstić information content (AvgIpc) is 3.13. The minimum atomic E-state index is 0.0788. The zero-order valence-electron chi connectivity index (χ0n) is 16.4. The number of hydrogen-bond donors (Lipinski definition) is 0. The van der Waals surface area contributed by atoms with Gasteiger partial charge in [0.15, 0.2) is 16.8 Å². The molecule has 5 heteroatoms. The van der Waals surface area contributed by atoms with Gasteiger partial charge < -0.3 is 4.57 Å². The van der Waals surface area contributed by atoms with Crippen LogP contribution in [0, 0.1) is 6.92 Å². The summed E-state index contributed by atoms with van der Waals surface area (Å²) in [4.78, 5) is 12.6. The largest absolute Gasteiger partial charge is 0.305 e. The molecule has 144 valence electrons. The highest BCUT2D eigenvalue weighted by Gasteiger charge is 2.15. The minimum absolute atomic E-state index is 0.0788. The highest BCUT2D eigenvalue weighted by Crippen LogP contribution is 2.26. The number of carbonyl (C=O) groups is 1. The number of Topliss-reactive ketones (excluding diaryl/α,β-unsaturated/α-hetero) is 1. The summed E-state index contributed by atoms with van der Waals surface area (Å²) in [5.74, 6) is 1.21. The molecule has 0 unspecified atom stereocenters. The molecule has 0 radical (unpaired) electrons. The molecule has 0 aliphatic rings. The van der Waals surface area contributed by atoms with Crippen molar-refractivity contribution in [3.05, 3.63) is 90.0 Å². The van der Waals surface area contributed by atoms with Gasteiger partial charge in [0, 0.05) is 18.2 Å². The zero-order chi connectivity index (χ0) is 20.2. The van der Waals surface area contributed by atoms with Gasteiger partial charge in [-0.15, -0.1) is 10.2 Å². The number of aromatic nitrogens is 3. The van der Waals surface area contributed by atoms with Crippen molar-refractivity contribution in [3.63, 3.8) is 0 Å². The first-order valence-electron chi connectivity index (χ1n) is 9.40. The molecule has 1 heterocycles. The molecular formula is C24H21N3OS. The molecule has 0 N–H and O–H groups in total. The lowest BCUT2D eigenvalue weighted by Crippen LogP contribution is -2.04. The Morgan fingerprint density at radius 3 is 2.24 bits per heavy atom. The molecule has 4 aromatic rings. The third-order valence-electron chi connectivity index (χ3n) is 4.87. The molecule has 0 aliphatic heterocycles. The topological polar surface area (TPSA) is 47.8 Å². The summed E-state index contributed by atoms with van der Waals surface area (Å²) >= 11 is 1.41. The van der Waals surface area contributed by atoms with E-state index >= 15 is 0 Å². The van der Waals surface area contributed by atoms with Crippen LogP contribution < -0.4 is 0 Å². The Bertz CT molecular complexity index is 1130. The second kappa shape index (κ2) is 8.45. The van der Waals surface area contributed by atoms with Crippen LogP contribution in [-0.2, 0) is 7.05 Å². The van der Waals surface area contributed by atoms with E-state index in [0.717, 1.165) is 33.2 Å². The average molecular weight is 400 g/mol. The number of thioether (sulfide) groups is 1. The maximum absolute atomic E-state index is 12.6. The fourth-order valence-electron chi connectivity index (χ4n) is 3.19. The summed E-state index contributed by atoms with van der Waals surface area (Å²) < 4.78 is 1.94. The van der Waals surface area contributed by atoms with E-state index in [0.29, 0.717) is 11.3 Å². The molecule has 0 amide bonds. The molecule has 0 saturated heterocycles. The van der Waals surface area contributed by atoms with Gasteiger partial charge in [-0.05, 0) is 23.6 Å². The second-order valence-electron chi connectivity index (χ2n) is 6.84.